The lowest BCUT2D eigenvalue weighted by atomic mass is 9.87. The first-order chi connectivity index (χ1) is 13.0. The third-order valence-corrected chi connectivity index (χ3v) is 5.81. The van der Waals surface area contributed by atoms with Gasteiger partial charge in [-0.15, -0.1) is 0 Å². The molecule has 3 heterocycles. The molecule has 0 atom stereocenters. The van der Waals surface area contributed by atoms with Crippen molar-refractivity contribution >= 4 is 11.8 Å². The van der Waals surface area contributed by atoms with Gasteiger partial charge in [0, 0.05) is 39.3 Å². The van der Waals surface area contributed by atoms with Crippen molar-refractivity contribution in [2.24, 2.45) is 0 Å². The number of carbonyl (C=O) groups is 2. The zero-order valence-corrected chi connectivity index (χ0v) is 16.7. The van der Waals surface area contributed by atoms with Crippen molar-refractivity contribution in [3.8, 4) is 0 Å². The van der Waals surface area contributed by atoms with Gasteiger partial charge >= 0.3 is 0 Å². The summed E-state index contributed by atoms with van der Waals surface area (Å²) in [6, 6.07) is 0. The highest BCUT2D eigenvalue weighted by molar-refractivity contribution is 5.85. The maximum Gasteiger partial charge on any atom is 0.242 e. The molecule has 7 heteroatoms. The Bertz CT molecular complexity index is 560. The van der Waals surface area contributed by atoms with E-state index in [2.05, 4.69) is 24.8 Å². The van der Waals surface area contributed by atoms with Crippen molar-refractivity contribution in [1.29, 1.82) is 0 Å². The molecular weight excluding hydrogens is 346 g/mol. The highest BCUT2D eigenvalue weighted by atomic mass is 16.5. The maximum atomic E-state index is 12.8. The van der Waals surface area contributed by atoms with Crippen LogP contribution in [0.25, 0.3) is 0 Å². The molecular formula is C20H33N3O4. The predicted octanol–water partition coefficient (Wildman–Crippen LogP) is 0.895. The SMILES string of the molecule is CC(C)=CCN1CCC2(CC1)CC(=O)N(CC(=O)N1CCOCC1)CCO2. The van der Waals surface area contributed by atoms with Crippen molar-refractivity contribution in [1.82, 2.24) is 14.7 Å². The molecule has 0 aromatic rings. The van der Waals surface area contributed by atoms with E-state index >= 15 is 0 Å². The molecule has 3 aliphatic heterocycles. The number of morpholine rings is 1. The van der Waals surface area contributed by atoms with E-state index in [1.54, 1.807) is 9.80 Å². The van der Waals surface area contributed by atoms with Crippen molar-refractivity contribution < 1.29 is 19.1 Å². The molecule has 2 amide bonds. The molecule has 27 heavy (non-hydrogen) atoms. The predicted molar refractivity (Wildman–Crippen MR) is 102 cm³/mol. The van der Waals surface area contributed by atoms with Gasteiger partial charge in [-0.2, -0.15) is 0 Å². The fraction of sp³-hybridized carbons (Fsp3) is 0.800. The van der Waals surface area contributed by atoms with Gasteiger partial charge in [-0.1, -0.05) is 11.6 Å². The second-order valence-corrected chi connectivity index (χ2v) is 8.10. The largest absolute Gasteiger partial charge is 0.378 e. The van der Waals surface area contributed by atoms with E-state index in [1.165, 1.54) is 5.57 Å². The van der Waals surface area contributed by atoms with Gasteiger partial charge in [0.1, 0.15) is 0 Å². The topological polar surface area (TPSA) is 62.3 Å². The summed E-state index contributed by atoms with van der Waals surface area (Å²) in [5, 5.41) is 0. The summed E-state index contributed by atoms with van der Waals surface area (Å²) in [5.74, 6) is 0.0611. The molecule has 0 radical (unpaired) electrons. The van der Waals surface area contributed by atoms with Crippen LogP contribution in [0.1, 0.15) is 33.1 Å². The van der Waals surface area contributed by atoms with Crippen LogP contribution in [0.4, 0.5) is 0 Å². The lowest BCUT2D eigenvalue weighted by Crippen LogP contribution is -2.49. The lowest BCUT2D eigenvalue weighted by molar-refractivity contribution is -0.143. The molecule has 0 unspecified atom stereocenters. The number of rotatable bonds is 4. The highest BCUT2D eigenvalue weighted by Gasteiger charge is 2.40. The summed E-state index contributed by atoms with van der Waals surface area (Å²) in [6.45, 7) is 10.6. The third kappa shape index (κ3) is 5.53. The van der Waals surface area contributed by atoms with Crippen molar-refractivity contribution in [3.05, 3.63) is 11.6 Å². The minimum absolute atomic E-state index is 0.0131. The van der Waals surface area contributed by atoms with Gasteiger partial charge in [-0.05, 0) is 26.7 Å². The van der Waals surface area contributed by atoms with Gasteiger partial charge < -0.3 is 19.3 Å². The summed E-state index contributed by atoms with van der Waals surface area (Å²) >= 11 is 0. The van der Waals surface area contributed by atoms with Crippen LogP contribution >= 0.6 is 0 Å². The summed E-state index contributed by atoms with van der Waals surface area (Å²) in [7, 11) is 0. The zero-order chi connectivity index (χ0) is 19.3. The lowest BCUT2D eigenvalue weighted by Gasteiger charge is -2.40. The fourth-order valence-electron chi connectivity index (χ4n) is 3.95. The number of hydrogen-bond donors (Lipinski definition) is 0. The molecule has 0 N–H and O–H groups in total. The van der Waals surface area contributed by atoms with E-state index in [1.807, 2.05) is 0 Å². The van der Waals surface area contributed by atoms with Gasteiger partial charge in [0.05, 0.1) is 38.4 Å². The monoisotopic (exact) mass is 379 g/mol. The van der Waals surface area contributed by atoms with Crippen LogP contribution in [0.5, 0.6) is 0 Å². The van der Waals surface area contributed by atoms with Crippen LogP contribution in [0.15, 0.2) is 11.6 Å². The number of amides is 2. The first-order valence-corrected chi connectivity index (χ1v) is 10.1. The average Bonchev–Trinajstić information content (AvgIpc) is 2.81. The fourth-order valence-corrected chi connectivity index (χ4v) is 3.95. The summed E-state index contributed by atoms with van der Waals surface area (Å²) in [5.41, 5.74) is 0.978. The van der Waals surface area contributed by atoms with Crippen LogP contribution in [-0.2, 0) is 19.1 Å². The van der Waals surface area contributed by atoms with Crippen molar-refractivity contribution in [2.45, 2.75) is 38.7 Å². The number of piperidine rings is 1. The summed E-state index contributed by atoms with van der Waals surface area (Å²) in [6.07, 6.45) is 4.39. The summed E-state index contributed by atoms with van der Waals surface area (Å²) in [4.78, 5) is 31.2. The summed E-state index contributed by atoms with van der Waals surface area (Å²) < 4.78 is 11.5. The normalized spacial score (nSPS) is 24.0. The van der Waals surface area contributed by atoms with Crippen LogP contribution < -0.4 is 0 Å². The van der Waals surface area contributed by atoms with Gasteiger partial charge in [0.2, 0.25) is 11.8 Å². The Morgan fingerprint density at radius 3 is 2.44 bits per heavy atom. The molecule has 152 valence electrons. The van der Waals surface area contributed by atoms with E-state index in [4.69, 9.17) is 9.47 Å². The number of likely N-dealkylation sites (tertiary alicyclic amines) is 1. The average molecular weight is 380 g/mol. The number of hydrogen-bond acceptors (Lipinski definition) is 5. The maximum absolute atomic E-state index is 12.8. The zero-order valence-electron chi connectivity index (χ0n) is 16.7. The Balaban J connectivity index is 1.52. The second kappa shape index (κ2) is 9.17. The van der Waals surface area contributed by atoms with Gasteiger partial charge in [-0.25, -0.2) is 0 Å². The highest BCUT2D eigenvalue weighted by Crippen LogP contribution is 2.32. The molecule has 3 saturated heterocycles. The number of nitrogens with zero attached hydrogens (tertiary/aromatic N) is 3. The first-order valence-electron chi connectivity index (χ1n) is 10.1. The first kappa shape index (κ1) is 20.3. The third-order valence-electron chi connectivity index (χ3n) is 5.81. The molecule has 0 aliphatic carbocycles. The Labute approximate surface area is 162 Å². The van der Waals surface area contributed by atoms with E-state index in [9.17, 15) is 9.59 Å². The van der Waals surface area contributed by atoms with E-state index in [0.717, 1.165) is 32.5 Å². The molecule has 0 aromatic carbocycles. The number of carbonyl (C=O) groups excluding carboxylic acids is 2. The van der Waals surface area contributed by atoms with E-state index in [-0.39, 0.29) is 24.0 Å². The number of allylic oxidation sites excluding steroid dienone is 1. The van der Waals surface area contributed by atoms with E-state index < -0.39 is 0 Å². The van der Waals surface area contributed by atoms with Gasteiger partial charge in [0.25, 0.3) is 0 Å². The molecule has 0 saturated carbocycles. The quantitative estimate of drug-likeness (QED) is 0.679. The molecule has 7 nitrogen and oxygen atoms in total. The van der Waals surface area contributed by atoms with Gasteiger partial charge in [0.15, 0.2) is 0 Å². The van der Waals surface area contributed by atoms with Crippen LogP contribution in [0.3, 0.4) is 0 Å². The molecule has 0 aromatic heterocycles. The molecule has 3 fully saturated rings. The Hall–Kier alpha value is -1.44. The minimum atomic E-state index is -0.352. The molecule has 3 rings (SSSR count). The second-order valence-electron chi connectivity index (χ2n) is 8.10. The van der Waals surface area contributed by atoms with Gasteiger partial charge in [-0.3, -0.25) is 14.5 Å². The molecule has 3 aliphatic rings. The van der Waals surface area contributed by atoms with Crippen molar-refractivity contribution in [2.75, 3.05) is 65.6 Å². The standard InChI is InChI=1S/C20H33N3O4/c1-17(2)3-6-21-7-4-20(5-8-21)15-18(24)23(11-14-27-20)16-19(25)22-9-12-26-13-10-22/h3H,4-16H2,1-2H3. The Kier molecular flexibility index (Phi) is 6.89. The minimum Gasteiger partial charge on any atom is -0.378 e. The Morgan fingerprint density at radius 2 is 1.78 bits per heavy atom. The molecule has 1 spiro atoms. The van der Waals surface area contributed by atoms with Crippen LogP contribution in [0, 0.1) is 0 Å². The van der Waals surface area contributed by atoms with E-state index in [0.29, 0.717) is 45.9 Å². The smallest absolute Gasteiger partial charge is 0.242 e. The van der Waals surface area contributed by atoms with Crippen molar-refractivity contribution in [3.63, 3.8) is 0 Å². The van der Waals surface area contributed by atoms with Crippen LogP contribution in [-0.4, -0.2) is 97.7 Å². The number of ether oxygens (including phenoxy) is 2. The Morgan fingerprint density at radius 1 is 1.07 bits per heavy atom. The van der Waals surface area contributed by atoms with Crippen LogP contribution in [0.2, 0.25) is 0 Å². The molecule has 0 bridgehead atoms.